The molecule has 4 rings (SSSR count). The summed E-state index contributed by atoms with van der Waals surface area (Å²) in [6, 6.07) is 14.5. The van der Waals surface area contributed by atoms with Crippen molar-refractivity contribution < 1.29 is 18.7 Å². The number of ether oxygens (including phenoxy) is 1. The van der Waals surface area contributed by atoms with Crippen LogP contribution in [0.25, 0.3) is 5.69 Å². The van der Waals surface area contributed by atoms with Crippen LogP contribution in [0.3, 0.4) is 0 Å². The lowest BCUT2D eigenvalue weighted by atomic mass is 9.97. The minimum absolute atomic E-state index is 0.108. The predicted octanol–water partition coefficient (Wildman–Crippen LogP) is 3.65. The Labute approximate surface area is 217 Å². The summed E-state index contributed by atoms with van der Waals surface area (Å²) < 4.78 is 20.0. The van der Waals surface area contributed by atoms with Crippen LogP contribution >= 0.6 is 0 Å². The van der Waals surface area contributed by atoms with E-state index in [-0.39, 0.29) is 12.2 Å². The van der Waals surface area contributed by atoms with Crippen molar-refractivity contribution in [3.63, 3.8) is 0 Å². The van der Waals surface area contributed by atoms with E-state index in [9.17, 15) is 9.18 Å². The quantitative estimate of drug-likeness (QED) is 0.434. The van der Waals surface area contributed by atoms with Crippen molar-refractivity contribution in [1.29, 1.82) is 0 Å². The molecule has 10 heteroatoms. The second-order valence-electron chi connectivity index (χ2n) is 8.72. The van der Waals surface area contributed by atoms with Gasteiger partial charge in [-0.1, -0.05) is 30.3 Å². The van der Waals surface area contributed by atoms with Gasteiger partial charge in [-0.3, -0.25) is 10.1 Å². The summed E-state index contributed by atoms with van der Waals surface area (Å²) in [6.07, 6.45) is 1.41. The van der Waals surface area contributed by atoms with Crippen LogP contribution in [0.5, 0.6) is 0 Å². The largest absolute Gasteiger partial charge is 0.383 e. The van der Waals surface area contributed by atoms with Gasteiger partial charge < -0.3 is 21.1 Å². The Bertz CT molecular complexity index is 1150. The molecule has 37 heavy (non-hydrogen) atoms. The molecule has 3 aromatic rings. The van der Waals surface area contributed by atoms with Crippen molar-refractivity contribution in [3.8, 4) is 5.69 Å². The van der Waals surface area contributed by atoms with Crippen LogP contribution in [0.15, 0.2) is 48.5 Å². The number of aromatic nitrogens is 2. The summed E-state index contributed by atoms with van der Waals surface area (Å²) in [6.45, 7) is 9.58. The number of aryl methyl sites for hydroxylation is 2. The third-order valence-corrected chi connectivity index (χ3v) is 6.14. The Morgan fingerprint density at radius 2 is 1.89 bits per heavy atom. The third-order valence-electron chi connectivity index (χ3n) is 6.14. The normalized spacial score (nSPS) is 14.7. The molecule has 1 unspecified atom stereocenters. The predicted molar refractivity (Wildman–Crippen MR) is 143 cm³/mol. The molecule has 1 aliphatic heterocycles. The van der Waals surface area contributed by atoms with Crippen LogP contribution in [0, 0.1) is 26.6 Å². The monoisotopic (exact) mass is 512 g/mol. The molecular formula is C27H37FN6O3. The van der Waals surface area contributed by atoms with Crippen molar-refractivity contribution in [2.45, 2.75) is 33.1 Å². The second-order valence-corrected chi connectivity index (χ2v) is 8.72. The van der Waals surface area contributed by atoms with Crippen molar-refractivity contribution in [1.82, 2.24) is 14.7 Å². The number of primary amides is 2. The molecule has 0 saturated carbocycles. The van der Waals surface area contributed by atoms with E-state index in [1.54, 1.807) is 17.9 Å². The van der Waals surface area contributed by atoms with Crippen LogP contribution in [0.4, 0.5) is 15.0 Å². The molecule has 5 N–H and O–H groups in total. The molecule has 1 atom stereocenters. The highest BCUT2D eigenvalue weighted by atomic mass is 19.1. The van der Waals surface area contributed by atoms with Gasteiger partial charge in [-0.2, -0.15) is 5.10 Å². The van der Waals surface area contributed by atoms with Gasteiger partial charge in [0, 0.05) is 25.8 Å². The van der Waals surface area contributed by atoms with Gasteiger partial charge >= 0.3 is 6.03 Å². The van der Waals surface area contributed by atoms with Crippen LogP contribution in [0.1, 0.15) is 34.7 Å². The highest BCUT2D eigenvalue weighted by Crippen LogP contribution is 2.28. The molecule has 3 amide bonds. The van der Waals surface area contributed by atoms with Crippen LogP contribution in [0.2, 0.25) is 0 Å². The molecule has 1 aromatic heterocycles. The molecule has 0 spiro atoms. The van der Waals surface area contributed by atoms with E-state index < -0.39 is 6.03 Å². The Morgan fingerprint density at radius 1 is 1.22 bits per heavy atom. The van der Waals surface area contributed by atoms with Gasteiger partial charge in [0.2, 0.25) is 6.41 Å². The summed E-state index contributed by atoms with van der Waals surface area (Å²) >= 11 is 0. The number of nitrogens with zero attached hydrogens (tertiary/aromatic N) is 3. The fourth-order valence-electron chi connectivity index (χ4n) is 4.07. The van der Waals surface area contributed by atoms with E-state index in [2.05, 4.69) is 21.0 Å². The van der Waals surface area contributed by atoms with Gasteiger partial charge in [-0.25, -0.2) is 13.9 Å². The van der Waals surface area contributed by atoms with E-state index in [0.717, 1.165) is 55.2 Å². The maximum absolute atomic E-state index is 13.2. The zero-order valence-corrected chi connectivity index (χ0v) is 21.9. The SMILES string of the molecule is COCCN1CCC(c2ccc(F)c(C)c2)C1.Cc1nn(-c2ccccc2)c(NC(N)=O)c1C.NC=O. The molecule has 1 fully saturated rings. The number of methoxy groups -OCH3 is 1. The minimum atomic E-state index is -0.592. The number of benzene rings is 2. The first-order valence-electron chi connectivity index (χ1n) is 12.0. The average molecular weight is 513 g/mol. The maximum Gasteiger partial charge on any atom is 0.317 e. The Morgan fingerprint density at radius 3 is 2.49 bits per heavy atom. The number of halogens is 1. The molecule has 0 bridgehead atoms. The second kappa shape index (κ2) is 14.7. The number of urea groups is 1. The Hall–Kier alpha value is -3.76. The number of rotatable bonds is 6. The molecule has 0 aliphatic carbocycles. The van der Waals surface area contributed by atoms with Gasteiger partial charge in [-0.15, -0.1) is 0 Å². The molecule has 1 aliphatic rings. The molecule has 200 valence electrons. The van der Waals surface area contributed by atoms with E-state index in [0.29, 0.717) is 11.7 Å². The van der Waals surface area contributed by atoms with E-state index >= 15 is 0 Å². The Balaban J connectivity index is 0.000000235. The smallest absolute Gasteiger partial charge is 0.317 e. The first kappa shape index (κ1) is 29.5. The fourth-order valence-corrected chi connectivity index (χ4v) is 4.07. The number of para-hydroxylation sites is 1. The van der Waals surface area contributed by atoms with Gasteiger partial charge in [0.05, 0.1) is 18.0 Å². The van der Waals surface area contributed by atoms with E-state index in [1.165, 1.54) is 5.56 Å². The van der Waals surface area contributed by atoms with Crippen LogP contribution < -0.4 is 16.8 Å². The number of hydrogen-bond acceptors (Lipinski definition) is 5. The van der Waals surface area contributed by atoms with Crippen LogP contribution in [-0.4, -0.2) is 60.5 Å². The standard InChI is InChI=1S/C14H20FNO.C12H14N4O.CH3NO/c1-11-9-12(3-4-14(11)15)13-5-6-16(10-13)7-8-17-2;1-8-9(2)15-16(11(8)14-12(13)17)10-6-4-3-5-7-10;2-1-3/h3-4,9,13H,5-8,10H2,1-2H3;3-7H,1-2H3,(H3,13,14,17);1H,(H2,2,3). The summed E-state index contributed by atoms with van der Waals surface area (Å²) in [5, 5.41) is 6.98. The molecule has 2 aromatic carbocycles. The number of amides is 3. The third kappa shape index (κ3) is 8.69. The van der Waals surface area contributed by atoms with Crippen molar-refractivity contribution in [2.75, 3.05) is 38.7 Å². The first-order valence-corrected chi connectivity index (χ1v) is 12.0. The van der Waals surface area contributed by atoms with Gasteiger partial charge in [0.1, 0.15) is 11.6 Å². The lowest BCUT2D eigenvalue weighted by Crippen LogP contribution is -2.24. The van der Waals surface area contributed by atoms with Crippen molar-refractivity contribution in [3.05, 3.63) is 76.7 Å². The number of nitrogens with one attached hydrogen (secondary N) is 1. The van der Waals surface area contributed by atoms with Gasteiger partial charge in [0.25, 0.3) is 0 Å². The highest BCUT2D eigenvalue weighted by Gasteiger charge is 2.23. The highest BCUT2D eigenvalue weighted by molar-refractivity contribution is 5.88. The average Bonchev–Trinajstić information content (AvgIpc) is 3.46. The van der Waals surface area contributed by atoms with Gasteiger partial charge in [0.15, 0.2) is 0 Å². The number of hydrogen-bond donors (Lipinski definition) is 3. The van der Waals surface area contributed by atoms with Crippen LogP contribution in [-0.2, 0) is 9.53 Å². The topological polar surface area (TPSA) is 128 Å². The van der Waals surface area contributed by atoms with Crippen molar-refractivity contribution >= 4 is 18.3 Å². The molecule has 9 nitrogen and oxygen atoms in total. The zero-order valence-electron chi connectivity index (χ0n) is 21.9. The summed E-state index contributed by atoms with van der Waals surface area (Å²) in [5.41, 5.74) is 14.0. The number of anilines is 1. The lowest BCUT2D eigenvalue weighted by Gasteiger charge is -2.15. The maximum atomic E-state index is 13.2. The summed E-state index contributed by atoms with van der Waals surface area (Å²) in [7, 11) is 1.73. The fraction of sp³-hybridized carbons (Fsp3) is 0.370. The number of likely N-dealkylation sites (tertiary alicyclic amines) is 1. The first-order chi connectivity index (χ1) is 17.7. The minimum Gasteiger partial charge on any atom is -0.383 e. The molecular weight excluding hydrogens is 475 g/mol. The summed E-state index contributed by atoms with van der Waals surface area (Å²) in [4.78, 5) is 22.0. The zero-order chi connectivity index (χ0) is 27.4. The number of carbonyl (C=O) groups is 2. The van der Waals surface area contributed by atoms with Gasteiger partial charge in [-0.05, 0) is 69.0 Å². The lowest BCUT2D eigenvalue weighted by molar-refractivity contribution is -0.106. The molecule has 0 radical (unpaired) electrons. The van der Waals surface area contributed by atoms with E-state index in [1.807, 2.05) is 63.2 Å². The van der Waals surface area contributed by atoms with Crippen molar-refractivity contribution in [2.24, 2.45) is 11.5 Å². The molecule has 1 saturated heterocycles. The summed E-state index contributed by atoms with van der Waals surface area (Å²) in [5.74, 6) is 1.05. The Kier molecular flexibility index (Phi) is 11.7. The molecule has 2 heterocycles. The van der Waals surface area contributed by atoms with E-state index in [4.69, 9.17) is 15.3 Å². The number of nitrogens with two attached hydrogens (primary N) is 2. The number of carbonyl (C=O) groups excluding carboxylic acids is 2.